The number of rotatable bonds is 16. The predicted molar refractivity (Wildman–Crippen MR) is 229 cm³/mol. The molecule has 0 unspecified atom stereocenters. The van der Waals surface area contributed by atoms with Gasteiger partial charge in [-0.1, -0.05) is 111 Å². The van der Waals surface area contributed by atoms with Crippen LogP contribution in [0.5, 0.6) is 23.0 Å². The van der Waals surface area contributed by atoms with Crippen LogP contribution in [0.3, 0.4) is 0 Å². The van der Waals surface area contributed by atoms with E-state index in [1.807, 2.05) is 31.2 Å². The summed E-state index contributed by atoms with van der Waals surface area (Å²) in [6, 6.07) is 34.7. The van der Waals surface area contributed by atoms with E-state index < -0.39 is 10.1 Å². The van der Waals surface area contributed by atoms with Gasteiger partial charge in [-0.05, 0) is 125 Å². The van der Waals surface area contributed by atoms with Crippen LogP contribution < -0.4 is 9.47 Å². The van der Waals surface area contributed by atoms with Gasteiger partial charge in [0.15, 0.2) is 0 Å². The number of benzene rings is 6. The summed E-state index contributed by atoms with van der Waals surface area (Å²) in [5.41, 5.74) is 11.9. The second kappa shape index (κ2) is 18.1. The molecule has 0 amide bonds. The van der Waals surface area contributed by atoms with Gasteiger partial charge in [-0.25, -0.2) is 0 Å². The highest BCUT2D eigenvalue weighted by atomic mass is 32.2. The third kappa shape index (κ3) is 9.88. The van der Waals surface area contributed by atoms with Gasteiger partial charge >= 0.3 is 0 Å². The van der Waals surface area contributed by atoms with Gasteiger partial charge in [0, 0.05) is 19.3 Å². The van der Waals surface area contributed by atoms with Crippen LogP contribution in [-0.4, -0.2) is 36.4 Å². The Balaban J connectivity index is 1.46. The lowest BCUT2D eigenvalue weighted by Crippen LogP contribution is -2.06. The van der Waals surface area contributed by atoms with Gasteiger partial charge in [0.2, 0.25) is 0 Å². The van der Waals surface area contributed by atoms with Crippen molar-refractivity contribution in [2.75, 3.05) is 13.2 Å². The van der Waals surface area contributed by atoms with Gasteiger partial charge < -0.3 is 19.7 Å². The molecule has 0 spiro atoms. The van der Waals surface area contributed by atoms with Gasteiger partial charge in [-0.15, -0.1) is 0 Å². The summed E-state index contributed by atoms with van der Waals surface area (Å²) in [5.74, 6) is 1.58. The number of para-hydroxylation sites is 1. The summed E-state index contributed by atoms with van der Waals surface area (Å²) < 4.78 is 46.8. The molecule has 0 heterocycles. The topological polar surface area (TPSA) is 113 Å². The van der Waals surface area contributed by atoms with Crippen molar-refractivity contribution in [3.05, 3.63) is 159 Å². The zero-order chi connectivity index (χ0) is 40.7. The number of hydrogen-bond acceptors (Lipinski definition) is 6. The number of aromatic hydroxyl groups is 2. The maximum absolute atomic E-state index is 12.1. The first-order valence-electron chi connectivity index (χ1n) is 19.7. The average Bonchev–Trinajstić information content (AvgIpc) is 3.19. The van der Waals surface area contributed by atoms with Crippen molar-refractivity contribution in [1.29, 1.82) is 0 Å². The van der Waals surface area contributed by atoms with E-state index in [2.05, 4.69) is 94.4 Å². The van der Waals surface area contributed by atoms with Crippen LogP contribution in [-0.2, 0) is 35.8 Å². The van der Waals surface area contributed by atoms with Gasteiger partial charge in [0.05, 0.1) is 18.1 Å². The van der Waals surface area contributed by atoms with Crippen molar-refractivity contribution >= 4 is 10.1 Å². The van der Waals surface area contributed by atoms with Crippen molar-refractivity contribution in [2.45, 2.75) is 78.0 Å². The lowest BCUT2D eigenvalue weighted by atomic mass is 9.90. The fraction of sp³-hybridized carbons (Fsp3) is 0.265. The zero-order valence-electron chi connectivity index (χ0n) is 33.4. The van der Waals surface area contributed by atoms with Gasteiger partial charge in [-0.3, -0.25) is 4.55 Å². The molecule has 6 rings (SSSR count). The van der Waals surface area contributed by atoms with Crippen LogP contribution in [0.15, 0.2) is 114 Å². The number of hydrogen-bond donors (Lipinski definition) is 3. The molecular weight excluding hydrogens is 733 g/mol. The van der Waals surface area contributed by atoms with Crippen molar-refractivity contribution in [1.82, 2.24) is 0 Å². The summed E-state index contributed by atoms with van der Waals surface area (Å²) in [4.78, 5) is -0.306. The van der Waals surface area contributed by atoms with E-state index in [0.29, 0.717) is 37.4 Å². The predicted octanol–water partition coefficient (Wildman–Crippen LogP) is 11.2. The van der Waals surface area contributed by atoms with E-state index in [0.717, 1.165) is 86.2 Å². The summed E-state index contributed by atoms with van der Waals surface area (Å²) in [6.45, 7) is 11.4. The number of phenolic OH excluding ortho intramolecular Hbond substituents is 2. The minimum Gasteiger partial charge on any atom is -0.508 e. The molecule has 57 heavy (non-hydrogen) atoms. The molecule has 0 aliphatic heterocycles. The minimum absolute atomic E-state index is 0.103. The monoisotopic (exact) mass is 784 g/mol. The normalized spacial score (nSPS) is 11.5. The molecule has 7 nitrogen and oxygen atoms in total. The van der Waals surface area contributed by atoms with Crippen LogP contribution in [0, 0.1) is 13.8 Å². The molecule has 296 valence electrons. The SMILES string of the molecule is CCCOc1c(CC)cc(C)cc1Cc1cccc(Cc2cc(-c3ccc(-c4ccc(C)cc4)cc3)cc(Cc3cc(S(=O)(=O)O)ccc3O)c2OCCC)c1O. The fourth-order valence-corrected chi connectivity index (χ4v) is 7.83. The fourth-order valence-electron chi connectivity index (χ4n) is 7.30. The van der Waals surface area contributed by atoms with Crippen LogP contribution in [0.25, 0.3) is 22.3 Å². The maximum Gasteiger partial charge on any atom is 0.294 e. The Morgan fingerprint density at radius 1 is 0.509 bits per heavy atom. The Bertz CT molecular complexity index is 2450. The van der Waals surface area contributed by atoms with Crippen molar-refractivity contribution in [3.63, 3.8) is 0 Å². The Hall–Kier alpha value is -5.57. The molecule has 8 heteroatoms. The Morgan fingerprint density at radius 2 is 0.982 bits per heavy atom. The molecular formula is C49H52O7S. The first-order chi connectivity index (χ1) is 27.4. The third-order valence-electron chi connectivity index (χ3n) is 10.2. The molecule has 0 saturated heterocycles. The van der Waals surface area contributed by atoms with Crippen LogP contribution in [0.1, 0.15) is 83.7 Å². The van der Waals surface area contributed by atoms with E-state index in [1.54, 1.807) is 0 Å². The van der Waals surface area contributed by atoms with Gasteiger partial charge in [-0.2, -0.15) is 8.42 Å². The Morgan fingerprint density at radius 3 is 1.51 bits per heavy atom. The van der Waals surface area contributed by atoms with E-state index in [-0.39, 0.29) is 22.8 Å². The van der Waals surface area contributed by atoms with Crippen molar-refractivity contribution in [2.24, 2.45) is 0 Å². The first kappa shape index (κ1) is 41.1. The molecule has 3 N–H and O–H groups in total. The molecule has 0 atom stereocenters. The van der Waals surface area contributed by atoms with Crippen LogP contribution in [0.4, 0.5) is 0 Å². The summed E-state index contributed by atoms with van der Waals surface area (Å²) in [5, 5.41) is 22.9. The second-order valence-corrected chi connectivity index (χ2v) is 16.2. The van der Waals surface area contributed by atoms with E-state index in [9.17, 15) is 23.2 Å². The standard InChI is InChI=1S/C49H52O7S/c1-6-22-55-48-34(8-3)24-33(5)25-42(48)26-38-10-9-11-39(47(38)51)27-43-28-40(37-18-16-36(17-19-37)35-14-12-32(4)13-15-35)29-44(49(43)56-23-7-2)30-41-31-45(57(52,53)54)20-21-46(41)50/h9-21,24-25,28-29,31,50-51H,6-8,22-23,26-27,30H2,1-5H3,(H,52,53,54). The average molecular weight is 785 g/mol. The lowest BCUT2D eigenvalue weighted by molar-refractivity contribution is 0.311. The summed E-state index contributed by atoms with van der Waals surface area (Å²) >= 11 is 0. The highest BCUT2D eigenvalue weighted by Crippen LogP contribution is 2.39. The quantitative estimate of drug-likeness (QED) is 0.0838. The molecule has 0 radical (unpaired) electrons. The van der Waals surface area contributed by atoms with E-state index in [4.69, 9.17) is 9.47 Å². The van der Waals surface area contributed by atoms with Crippen molar-refractivity contribution < 1.29 is 32.7 Å². The highest BCUT2D eigenvalue weighted by Gasteiger charge is 2.21. The molecule has 6 aromatic carbocycles. The van der Waals surface area contributed by atoms with Crippen LogP contribution >= 0.6 is 0 Å². The molecule has 0 aliphatic rings. The molecule has 0 aromatic heterocycles. The van der Waals surface area contributed by atoms with Gasteiger partial charge in [0.1, 0.15) is 23.0 Å². The number of ether oxygens (including phenoxy) is 2. The number of phenols is 2. The van der Waals surface area contributed by atoms with E-state index >= 15 is 0 Å². The first-order valence-corrected chi connectivity index (χ1v) is 21.1. The lowest BCUT2D eigenvalue weighted by Gasteiger charge is -2.20. The smallest absolute Gasteiger partial charge is 0.294 e. The Labute approximate surface area is 337 Å². The molecule has 0 saturated carbocycles. The highest BCUT2D eigenvalue weighted by molar-refractivity contribution is 7.85. The largest absolute Gasteiger partial charge is 0.508 e. The molecule has 0 aliphatic carbocycles. The Kier molecular flexibility index (Phi) is 13.1. The third-order valence-corrected chi connectivity index (χ3v) is 11.1. The molecule has 0 bridgehead atoms. The minimum atomic E-state index is -4.51. The van der Waals surface area contributed by atoms with Gasteiger partial charge in [0.25, 0.3) is 10.1 Å². The summed E-state index contributed by atoms with van der Waals surface area (Å²) in [6.07, 6.45) is 3.43. The maximum atomic E-state index is 12.1. The van der Waals surface area contributed by atoms with Crippen LogP contribution in [0.2, 0.25) is 0 Å². The summed E-state index contributed by atoms with van der Waals surface area (Å²) in [7, 11) is -4.51. The van der Waals surface area contributed by atoms with E-state index in [1.165, 1.54) is 23.8 Å². The molecule has 0 fully saturated rings. The number of aryl methyl sites for hydroxylation is 3. The second-order valence-electron chi connectivity index (χ2n) is 14.8. The molecule has 6 aromatic rings. The van der Waals surface area contributed by atoms with Crippen molar-refractivity contribution in [3.8, 4) is 45.3 Å². The zero-order valence-corrected chi connectivity index (χ0v) is 34.2.